The van der Waals surface area contributed by atoms with Gasteiger partial charge in [-0.3, -0.25) is 14.8 Å². The lowest BCUT2D eigenvalue weighted by atomic mass is 10.00. The molecule has 3 rings (SSSR count). The summed E-state index contributed by atoms with van der Waals surface area (Å²) in [5.41, 5.74) is 5.43. The molecule has 1 heterocycles. The minimum Gasteiger partial charge on any atom is -0.495 e. The van der Waals surface area contributed by atoms with Crippen molar-refractivity contribution in [1.29, 1.82) is 0 Å². The lowest BCUT2D eigenvalue weighted by Crippen LogP contribution is -2.43. The molecule has 1 aliphatic heterocycles. The van der Waals surface area contributed by atoms with Crippen LogP contribution in [0.5, 0.6) is 5.75 Å². The van der Waals surface area contributed by atoms with Gasteiger partial charge in [-0.2, -0.15) is 13.2 Å². The smallest absolute Gasteiger partial charge is 0.388 e. The third-order valence-corrected chi connectivity index (χ3v) is 7.93. The summed E-state index contributed by atoms with van der Waals surface area (Å²) in [6.45, 7) is 13.6. The summed E-state index contributed by atoms with van der Waals surface area (Å²) in [5.74, 6) is 7.06. The number of nitrogens with zero attached hydrogens (tertiary/aromatic N) is 1. The number of ether oxygens (including phenoxy) is 2. The lowest BCUT2D eigenvalue weighted by molar-refractivity contribution is -0.147. The van der Waals surface area contributed by atoms with Crippen LogP contribution in [0.4, 0.5) is 24.5 Å². The molecule has 0 amide bonds. The molecule has 1 saturated heterocycles. The van der Waals surface area contributed by atoms with Crippen molar-refractivity contribution in [3.63, 3.8) is 0 Å². The number of anilines is 2. The van der Waals surface area contributed by atoms with Gasteiger partial charge in [0.2, 0.25) is 0 Å². The Bertz CT molecular complexity index is 1380. The van der Waals surface area contributed by atoms with Gasteiger partial charge in [-0.05, 0) is 93.5 Å². The van der Waals surface area contributed by atoms with Crippen LogP contribution >= 0.6 is 11.9 Å². The van der Waals surface area contributed by atoms with Crippen molar-refractivity contribution in [2.75, 3.05) is 43.9 Å². The summed E-state index contributed by atoms with van der Waals surface area (Å²) in [6, 6.07) is 12.6. The number of benzene rings is 2. The van der Waals surface area contributed by atoms with E-state index in [9.17, 15) is 18.0 Å². The topological polar surface area (TPSA) is 106 Å². The van der Waals surface area contributed by atoms with E-state index in [0.717, 1.165) is 86.1 Å². The highest BCUT2D eigenvalue weighted by atomic mass is 32.2. The van der Waals surface area contributed by atoms with E-state index in [0.29, 0.717) is 12.6 Å². The summed E-state index contributed by atoms with van der Waals surface area (Å²) in [5, 5.41) is 12.8. The Morgan fingerprint density at radius 1 is 1.16 bits per heavy atom. The highest BCUT2D eigenvalue weighted by Gasteiger charge is 2.24. The van der Waals surface area contributed by atoms with Gasteiger partial charge in [0.25, 0.3) is 0 Å². The summed E-state index contributed by atoms with van der Waals surface area (Å²) in [4.78, 5) is 23.6. The maximum Gasteiger partial charge on any atom is 0.388 e. The van der Waals surface area contributed by atoms with Gasteiger partial charge in [-0.15, -0.1) is 0 Å². The highest BCUT2D eigenvalue weighted by molar-refractivity contribution is 7.97. The lowest BCUT2D eigenvalue weighted by Gasteiger charge is -2.35. The quantitative estimate of drug-likeness (QED) is 0.0871. The average Bonchev–Trinajstić information content (AvgIpc) is 3.05. The third kappa shape index (κ3) is 18.1. The fourth-order valence-corrected chi connectivity index (χ4v) is 5.30. The number of methoxy groups -OCH3 is 1. The second-order valence-corrected chi connectivity index (χ2v) is 12.1. The number of nitrogens with two attached hydrogens (primary N) is 1. The molecule has 0 bridgehead atoms. The Morgan fingerprint density at radius 3 is 2.37 bits per heavy atom. The van der Waals surface area contributed by atoms with E-state index in [1.54, 1.807) is 7.11 Å². The first-order valence-electron chi connectivity index (χ1n) is 16.5. The number of carbonyl (C=O) groups is 2. The second kappa shape index (κ2) is 23.7. The number of rotatable bonds is 12. The summed E-state index contributed by atoms with van der Waals surface area (Å²) in [6.07, 6.45) is 2.23. The van der Waals surface area contributed by atoms with Crippen molar-refractivity contribution in [2.45, 2.75) is 96.9 Å². The van der Waals surface area contributed by atoms with Crippen molar-refractivity contribution in [3.05, 3.63) is 53.1 Å². The SMILES string of the molecule is CC=O.CCC(F)(F)F.CCCC(CN1CCC(Nc2cccc(C)c2/C=C(\C)C#CCNc2ccc(SN)cc2OC)CC1)OC(C)=O. The zero-order valence-electron chi connectivity index (χ0n) is 29.8. The molecule has 272 valence electrons. The first-order valence-corrected chi connectivity index (χ1v) is 17.4. The van der Waals surface area contributed by atoms with Crippen molar-refractivity contribution < 1.29 is 32.2 Å². The first kappa shape index (κ1) is 43.4. The molecule has 8 nitrogen and oxygen atoms in total. The van der Waals surface area contributed by atoms with E-state index < -0.39 is 12.6 Å². The zero-order chi connectivity index (χ0) is 36.8. The van der Waals surface area contributed by atoms with E-state index in [-0.39, 0.29) is 12.1 Å². The van der Waals surface area contributed by atoms with Gasteiger partial charge in [0.15, 0.2) is 0 Å². The molecule has 1 unspecified atom stereocenters. The number of esters is 1. The molecule has 1 aliphatic rings. The predicted octanol–water partition coefficient (Wildman–Crippen LogP) is 8.26. The van der Waals surface area contributed by atoms with E-state index in [2.05, 4.69) is 65.5 Å². The van der Waals surface area contributed by atoms with Crippen molar-refractivity contribution >= 4 is 41.7 Å². The van der Waals surface area contributed by atoms with Crippen molar-refractivity contribution in [3.8, 4) is 17.6 Å². The van der Waals surface area contributed by atoms with Crippen LogP contribution in [0.3, 0.4) is 0 Å². The van der Waals surface area contributed by atoms with Crippen LogP contribution in [0.25, 0.3) is 6.08 Å². The second-order valence-electron chi connectivity index (χ2n) is 11.4. The Hall–Kier alpha value is -3.66. The number of aryl methyl sites for hydroxylation is 1. The fourth-order valence-electron chi connectivity index (χ4n) is 4.98. The molecule has 0 aliphatic carbocycles. The number of halogens is 3. The summed E-state index contributed by atoms with van der Waals surface area (Å²) < 4.78 is 43.3. The monoisotopic (exact) mass is 706 g/mol. The van der Waals surface area contributed by atoms with Gasteiger partial charge in [0.05, 0.1) is 19.3 Å². The van der Waals surface area contributed by atoms with Gasteiger partial charge in [-0.1, -0.05) is 44.2 Å². The van der Waals surface area contributed by atoms with Gasteiger partial charge < -0.3 is 24.9 Å². The number of alkyl halides is 3. The van der Waals surface area contributed by atoms with Crippen LogP contribution in [0.1, 0.15) is 77.8 Å². The molecular formula is C37H53F3N4O4S. The molecule has 2 aromatic carbocycles. The zero-order valence-corrected chi connectivity index (χ0v) is 30.7. The molecule has 1 fully saturated rings. The molecule has 12 heteroatoms. The predicted molar refractivity (Wildman–Crippen MR) is 196 cm³/mol. The van der Waals surface area contributed by atoms with E-state index in [4.69, 9.17) is 19.4 Å². The molecule has 49 heavy (non-hydrogen) atoms. The number of aldehydes is 1. The largest absolute Gasteiger partial charge is 0.495 e. The Balaban J connectivity index is 0.00000118. The first-order chi connectivity index (χ1) is 23.3. The van der Waals surface area contributed by atoms with Crippen LogP contribution < -0.4 is 20.5 Å². The number of carbonyl (C=O) groups excluding carboxylic acids is 2. The Labute approximate surface area is 294 Å². The van der Waals surface area contributed by atoms with Gasteiger partial charge in [-0.25, -0.2) is 0 Å². The third-order valence-electron chi connectivity index (χ3n) is 7.40. The molecule has 2 aromatic rings. The van der Waals surface area contributed by atoms with Crippen molar-refractivity contribution in [2.24, 2.45) is 5.14 Å². The Morgan fingerprint density at radius 2 is 1.82 bits per heavy atom. The van der Waals surface area contributed by atoms with Crippen LogP contribution in [0, 0.1) is 18.8 Å². The van der Waals surface area contributed by atoms with E-state index in [1.807, 2.05) is 25.1 Å². The molecule has 0 radical (unpaired) electrons. The standard InChI is InChI=1S/C32H44N4O3S.C3H5F3.C2H4O/c1-6-9-27(39-25(4)37)22-36-18-15-26(16-19-36)35-30-12-7-11-24(3)29(30)20-23(2)10-8-17-34-31-14-13-28(40-33)21-32(31)38-5;1-2-3(4,5)6;1-2-3/h7,11-14,20-21,26-27,34-35H,6,9,15-19,22,33H2,1-5H3;2H2,1H3;2H,1H3/b23-20+;;. The van der Waals surface area contributed by atoms with Gasteiger partial charge in [0, 0.05) is 55.2 Å². The molecule has 4 N–H and O–H groups in total. The van der Waals surface area contributed by atoms with Gasteiger partial charge >= 0.3 is 12.1 Å². The van der Waals surface area contributed by atoms with E-state index in [1.165, 1.54) is 36.9 Å². The summed E-state index contributed by atoms with van der Waals surface area (Å²) >= 11 is 1.19. The maximum absolute atomic E-state index is 11.5. The molecule has 0 saturated carbocycles. The van der Waals surface area contributed by atoms with Crippen LogP contribution in [0.15, 0.2) is 46.9 Å². The number of likely N-dealkylation sites (tertiary alicyclic amines) is 1. The Kier molecular flexibility index (Phi) is 20.9. The fraction of sp³-hybridized carbons (Fsp3) is 0.514. The highest BCUT2D eigenvalue weighted by Crippen LogP contribution is 2.29. The number of nitrogens with one attached hydrogen (secondary N) is 2. The van der Waals surface area contributed by atoms with Crippen LogP contribution in [0.2, 0.25) is 0 Å². The van der Waals surface area contributed by atoms with Gasteiger partial charge in [0.1, 0.15) is 18.1 Å². The number of allylic oxidation sites excluding steroid dienone is 1. The molecule has 0 aromatic heterocycles. The normalized spacial score (nSPS) is 14.1. The number of hydrogen-bond acceptors (Lipinski definition) is 9. The molecule has 1 atom stereocenters. The molecule has 0 spiro atoms. The minimum atomic E-state index is -3.96. The average molecular weight is 707 g/mol. The van der Waals surface area contributed by atoms with E-state index >= 15 is 0 Å². The maximum atomic E-state index is 11.5. The van der Waals surface area contributed by atoms with Crippen molar-refractivity contribution in [1.82, 2.24) is 4.90 Å². The van der Waals surface area contributed by atoms with Crippen LogP contribution in [-0.4, -0.2) is 68.8 Å². The number of hydrogen-bond donors (Lipinski definition) is 3. The number of piperidine rings is 1. The summed E-state index contributed by atoms with van der Waals surface area (Å²) in [7, 11) is 1.65. The molecular weight excluding hydrogens is 653 g/mol. The minimum absolute atomic E-state index is 0.0161. The van der Waals surface area contributed by atoms with Crippen LogP contribution in [-0.2, 0) is 14.3 Å².